The molecule has 0 radical (unpaired) electrons. The van der Waals surface area contributed by atoms with Gasteiger partial charge >= 0.3 is 0 Å². The Morgan fingerprint density at radius 2 is 1.89 bits per heavy atom. The molecule has 5 nitrogen and oxygen atoms in total. The maximum Gasteiger partial charge on any atom is 0.167 e. The van der Waals surface area contributed by atoms with E-state index in [1.807, 2.05) is 39.0 Å². The standard InChI is InChI=1S/C21H32NO4P/c1-13(2)18-22-16(12-25-18)21(6,7)19-26-15-11-9-10-14(24-8)17(15)27(19,23)20(3,4)5/h9-11,13,18-19H,12H2,1-8H3/t18-,19?,27?/m0/s1. The highest BCUT2D eigenvalue weighted by atomic mass is 31.2. The van der Waals surface area contributed by atoms with Gasteiger partial charge in [-0.3, -0.25) is 4.99 Å². The number of aliphatic imine (C=N–C) groups is 1. The first-order valence-corrected chi connectivity index (χ1v) is 11.3. The fourth-order valence-electron chi connectivity index (χ4n) is 3.92. The van der Waals surface area contributed by atoms with Crippen molar-refractivity contribution in [2.75, 3.05) is 13.7 Å². The van der Waals surface area contributed by atoms with Crippen molar-refractivity contribution in [1.82, 2.24) is 0 Å². The summed E-state index contributed by atoms with van der Waals surface area (Å²) < 4.78 is 32.5. The van der Waals surface area contributed by atoms with Crippen LogP contribution in [0.2, 0.25) is 0 Å². The van der Waals surface area contributed by atoms with E-state index in [1.165, 1.54) is 0 Å². The lowest BCUT2D eigenvalue weighted by Crippen LogP contribution is -2.43. The molecule has 0 amide bonds. The molecule has 27 heavy (non-hydrogen) atoms. The van der Waals surface area contributed by atoms with Crippen LogP contribution in [0.4, 0.5) is 0 Å². The highest BCUT2D eigenvalue weighted by Gasteiger charge is 2.60. The highest BCUT2D eigenvalue weighted by Crippen LogP contribution is 2.70. The summed E-state index contributed by atoms with van der Waals surface area (Å²) in [5.74, 6) is 1.08. The van der Waals surface area contributed by atoms with Crippen LogP contribution < -0.4 is 14.8 Å². The Bertz CT molecular complexity index is 807. The molecule has 0 N–H and O–H groups in total. The molecule has 0 spiro atoms. The molecule has 2 unspecified atom stereocenters. The zero-order valence-corrected chi connectivity index (χ0v) is 18.6. The van der Waals surface area contributed by atoms with Crippen LogP contribution in [0.5, 0.6) is 11.5 Å². The van der Waals surface area contributed by atoms with Gasteiger partial charge in [-0.05, 0) is 18.1 Å². The van der Waals surface area contributed by atoms with Crippen molar-refractivity contribution < 1.29 is 18.8 Å². The number of methoxy groups -OCH3 is 1. The molecule has 3 rings (SSSR count). The molecule has 2 aliphatic rings. The zero-order valence-electron chi connectivity index (χ0n) is 17.7. The second-order valence-corrected chi connectivity index (χ2v) is 12.9. The molecule has 150 valence electrons. The SMILES string of the molecule is COc1cccc2c1P(=O)(C(C)(C)C)C(C(C)(C)C1=N[C@H](C(C)C)OC1)O2. The zero-order chi connectivity index (χ0) is 20.2. The van der Waals surface area contributed by atoms with E-state index in [9.17, 15) is 4.57 Å². The van der Waals surface area contributed by atoms with Gasteiger partial charge in [0.2, 0.25) is 0 Å². The summed E-state index contributed by atoms with van der Waals surface area (Å²) in [7, 11) is -1.39. The summed E-state index contributed by atoms with van der Waals surface area (Å²) in [6.45, 7) is 14.8. The summed E-state index contributed by atoms with van der Waals surface area (Å²) in [4.78, 5) is 4.82. The Morgan fingerprint density at radius 3 is 2.41 bits per heavy atom. The van der Waals surface area contributed by atoms with Gasteiger partial charge < -0.3 is 18.8 Å². The molecule has 6 heteroatoms. The Kier molecular flexibility index (Phi) is 5.01. The highest BCUT2D eigenvalue weighted by molar-refractivity contribution is 7.74. The molecule has 3 atom stereocenters. The first-order valence-electron chi connectivity index (χ1n) is 9.57. The first kappa shape index (κ1) is 20.4. The first-order chi connectivity index (χ1) is 12.4. The molecule has 0 saturated heterocycles. The van der Waals surface area contributed by atoms with Crippen molar-refractivity contribution in [3.63, 3.8) is 0 Å². The minimum atomic E-state index is -3.01. The fourth-order valence-corrected chi connectivity index (χ4v) is 7.80. The van der Waals surface area contributed by atoms with Crippen molar-refractivity contribution in [2.24, 2.45) is 16.3 Å². The summed E-state index contributed by atoms with van der Waals surface area (Å²) >= 11 is 0. The molecule has 0 saturated carbocycles. The minimum absolute atomic E-state index is 0.147. The largest absolute Gasteiger partial charge is 0.496 e. The molecule has 0 bridgehead atoms. The molecule has 2 aliphatic heterocycles. The lowest BCUT2D eigenvalue weighted by Gasteiger charge is -2.40. The number of hydrogen-bond acceptors (Lipinski definition) is 5. The average molecular weight is 393 g/mol. The predicted octanol–water partition coefficient (Wildman–Crippen LogP) is 4.68. The van der Waals surface area contributed by atoms with Gasteiger partial charge in [-0.1, -0.05) is 54.5 Å². The summed E-state index contributed by atoms with van der Waals surface area (Å²) in [5, 5.41) is 0.241. The molecule has 0 aromatic heterocycles. The van der Waals surface area contributed by atoms with E-state index >= 15 is 0 Å². The van der Waals surface area contributed by atoms with E-state index in [0.717, 1.165) is 11.0 Å². The van der Waals surface area contributed by atoms with Gasteiger partial charge in [0.1, 0.15) is 11.5 Å². The fraction of sp³-hybridized carbons (Fsp3) is 0.667. The van der Waals surface area contributed by atoms with Gasteiger partial charge in [-0.15, -0.1) is 0 Å². The summed E-state index contributed by atoms with van der Waals surface area (Å²) in [5.41, 5.74) is 0.388. The predicted molar refractivity (Wildman–Crippen MR) is 110 cm³/mol. The molecule has 0 aliphatic carbocycles. The van der Waals surface area contributed by atoms with E-state index in [2.05, 4.69) is 27.7 Å². The van der Waals surface area contributed by atoms with Crippen molar-refractivity contribution >= 4 is 18.2 Å². The second-order valence-electron chi connectivity index (χ2n) is 9.35. The van der Waals surface area contributed by atoms with Crippen LogP contribution in [0.1, 0.15) is 48.5 Å². The third kappa shape index (κ3) is 3.03. The maximum absolute atomic E-state index is 14.7. The number of rotatable bonds is 4. The third-order valence-corrected chi connectivity index (χ3v) is 10.2. The van der Waals surface area contributed by atoms with Crippen molar-refractivity contribution in [2.45, 2.75) is 65.7 Å². The molecular formula is C21H32NO4P. The maximum atomic E-state index is 14.7. The van der Waals surface area contributed by atoms with Gasteiger partial charge in [-0.25, -0.2) is 0 Å². The second kappa shape index (κ2) is 6.63. The Morgan fingerprint density at radius 1 is 1.22 bits per heavy atom. The summed E-state index contributed by atoms with van der Waals surface area (Å²) in [6.07, 6.45) is -0.147. The van der Waals surface area contributed by atoms with Crippen molar-refractivity contribution in [3.05, 3.63) is 18.2 Å². The van der Waals surface area contributed by atoms with Crippen molar-refractivity contribution in [1.29, 1.82) is 0 Å². The number of benzene rings is 1. The van der Waals surface area contributed by atoms with Gasteiger partial charge in [-0.2, -0.15) is 0 Å². The van der Waals surface area contributed by atoms with E-state index in [1.54, 1.807) is 7.11 Å². The van der Waals surface area contributed by atoms with Crippen molar-refractivity contribution in [3.8, 4) is 11.5 Å². The number of nitrogens with zero attached hydrogens (tertiary/aromatic N) is 1. The molecule has 0 fully saturated rings. The van der Waals surface area contributed by atoms with E-state index in [-0.39, 0.29) is 6.23 Å². The van der Waals surface area contributed by atoms with Crippen LogP contribution in [0.25, 0.3) is 0 Å². The lowest BCUT2D eigenvalue weighted by molar-refractivity contribution is 0.0714. The molecule has 2 heterocycles. The normalized spacial score (nSPS) is 28.1. The lowest BCUT2D eigenvalue weighted by atomic mass is 9.88. The number of fused-ring (bicyclic) bond motifs is 1. The van der Waals surface area contributed by atoms with Crippen LogP contribution in [0.15, 0.2) is 23.2 Å². The Labute approximate surface area is 162 Å². The summed E-state index contributed by atoms with van der Waals surface area (Å²) in [6, 6.07) is 5.63. The van der Waals surface area contributed by atoms with Crippen LogP contribution in [-0.4, -0.2) is 36.7 Å². The number of ether oxygens (including phenoxy) is 3. The van der Waals surface area contributed by atoms with Gasteiger partial charge in [0.25, 0.3) is 0 Å². The Balaban J connectivity index is 2.14. The van der Waals surface area contributed by atoms with Gasteiger partial charge in [0.15, 0.2) is 19.2 Å². The van der Waals surface area contributed by atoms with E-state index < -0.39 is 23.6 Å². The van der Waals surface area contributed by atoms with Crippen LogP contribution in [-0.2, 0) is 9.30 Å². The third-order valence-electron chi connectivity index (χ3n) is 5.68. The monoisotopic (exact) mass is 393 g/mol. The minimum Gasteiger partial charge on any atom is -0.496 e. The van der Waals surface area contributed by atoms with Gasteiger partial charge in [0, 0.05) is 10.6 Å². The Hall–Kier alpha value is -1.32. The quantitative estimate of drug-likeness (QED) is 0.697. The molecule has 1 aromatic carbocycles. The van der Waals surface area contributed by atoms with Gasteiger partial charge in [0.05, 0.1) is 24.7 Å². The van der Waals surface area contributed by atoms with Crippen LogP contribution in [0, 0.1) is 11.3 Å². The van der Waals surface area contributed by atoms with E-state index in [4.69, 9.17) is 19.2 Å². The van der Waals surface area contributed by atoms with E-state index in [0.29, 0.717) is 24.0 Å². The van der Waals surface area contributed by atoms with Crippen LogP contribution in [0.3, 0.4) is 0 Å². The molecule has 1 aromatic rings. The smallest absolute Gasteiger partial charge is 0.167 e. The van der Waals surface area contributed by atoms with Crippen LogP contribution >= 0.6 is 7.14 Å². The average Bonchev–Trinajstić information content (AvgIpc) is 3.19. The topological polar surface area (TPSA) is 57.1 Å². The molecular weight excluding hydrogens is 361 g/mol. The number of hydrogen-bond donors (Lipinski definition) is 0.